The Kier molecular flexibility index (Phi) is 2.22. The van der Waals surface area contributed by atoms with Crippen LogP contribution >= 0.6 is 0 Å². The van der Waals surface area contributed by atoms with Crippen LogP contribution in [0.4, 0.5) is 5.69 Å². The Morgan fingerprint density at radius 2 is 2.41 bits per heavy atom. The molecule has 0 bridgehead atoms. The molecule has 0 aromatic carbocycles. The Bertz CT molecular complexity index is 555. The third kappa shape index (κ3) is 1.53. The zero-order valence-corrected chi connectivity index (χ0v) is 9.23. The van der Waals surface area contributed by atoms with Crippen LogP contribution < -0.4 is 11.1 Å². The van der Waals surface area contributed by atoms with Gasteiger partial charge in [0.15, 0.2) is 0 Å². The minimum atomic E-state index is -0.0430. The van der Waals surface area contributed by atoms with Crippen molar-refractivity contribution in [1.82, 2.24) is 20.1 Å². The first-order valence-electron chi connectivity index (χ1n) is 5.49. The van der Waals surface area contributed by atoms with Crippen LogP contribution in [0.1, 0.15) is 21.7 Å². The van der Waals surface area contributed by atoms with Gasteiger partial charge in [0.2, 0.25) is 5.78 Å². The van der Waals surface area contributed by atoms with Gasteiger partial charge >= 0.3 is 0 Å². The molecule has 0 saturated heterocycles. The number of anilines is 1. The highest BCUT2D eigenvalue weighted by Crippen LogP contribution is 2.22. The molecule has 1 aliphatic rings. The Morgan fingerprint density at radius 3 is 3.18 bits per heavy atom. The minimum Gasteiger partial charge on any atom is -0.397 e. The first-order valence-corrected chi connectivity index (χ1v) is 5.49. The molecule has 88 valence electrons. The molecule has 0 amide bonds. The van der Waals surface area contributed by atoms with E-state index in [2.05, 4.69) is 15.5 Å². The Labute approximate surface area is 97.8 Å². The molecule has 0 atom stereocenters. The van der Waals surface area contributed by atoms with Crippen LogP contribution in [0, 0.1) is 0 Å². The molecule has 0 radical (unpaired) electrons. The van der Waals surface area contributed by atoms with Crippen molar-refractivity contribution in [2.24, 2.45) is 0 Å². The van der Waals surface area contributed by atoms with Gasteiger partial charge in [0.25, 0.3) is 0 Å². The number of carbonyl (C=O) groups is 1. The highest BCUT2D eigenvalue weighted by atomic mass is 16.1. The normalized spacial score (nSPS) is 14.6. The van der Waals surface area contributed by atoms with Gasteiger partial charge in [-0.05, 0) is 6.07 Å². The molecule has 4 N–H and O–H groups in total. The average Bonchev–Trinajstić information content (AvgIpc) is 2.97. The number of H-pyrrole nitrogens is 1. The molecule has 6 heteroatoms. The van der Waals surface area contributed by atoms with E-state index in [4.69, 9.17) is 5.73 Å². The maximum absolute atomic E-state index is 12.2. The molecular formula is C11H13N5O. The molecule has 0 saturated carbocycles. The largest absolute Gasteiger partial charge is 0.397 e. The molecule has 0 fully saturated rings. The lowest BCUT2D eigenvalue weighted by atomic mass is 10.2. The number of nitrogens with zero attached hydrogens (tertiary/aromatic N) is 2. The second kappa shape index (κ2) is 3.74. The number of nitrogens with one attached hydrogen (secondary N) is 2. The fraction of sp³-hybridized carbons (Fsp3) is 0.273. The molecule has 17 heavy (non-hydrogen) atoms. The highest BCUT2D eigenvalue weighted by Gasteiger charge is 2.21. The van der Waals surface area contributed by atoms with Crippen LogP contribution in [0.2, 0.25) is 0 Å². The quantitative estimate of drug-likeness (QED) is 0.641. The van der Waals surface area contributed by atoms with E-state index >= 15 is 0 Å². The van der Waals surface area contributed by atoms with Crippen LogP contribution in [0.25, 0.3) is 0 Å². The molecule has 2 aromatic heterocycles. The third-order valence-corrected chi connectivity index (χ3v) is 3.04. The monoisotopic (exact) mass is 231 g/mol. The van der Waals surface area contributed by atoms with Crippen molar-refractivity contribution in [3.63, 3.8) is 0 Å². The van der Waals surface area contributed by atoms with Crippen molar-refractivity contribution in [3.05, 3.63) is 35.4 Å². The summed E-state index contributed by atoms with van der Waals surface area (Å²) in [4.78, 5) is 12.2. The van der Waals surface area contributed by atoms with Gasteiger partial charge in [-0.3, -0.25) is 9.89 Å². The van der Waals surface area contributed by atoms with E-state index in [-0.39, 0.29) is 5.78 Å². The number of rotatable bonds is 2. The fourth-order valence-corrected chi connectivity index (χ4v) is 2.17. The third-order valence-electron chi connectivity index (χ3n) is 3.04. The van der Waals surface area contributed by atoms with Crippen molar-refractivity contribution in [3.8, 4) is 0 Å². The Morgan fingerprint density at radius 1 is 1.53 bits per heavy atom. The lowest BCUT2D eigenvalue weighted by Crippen LogP contribution is -2.29. The molecule has 6 nitrogen and oxygen atoms in total. The number of ketones is 1. The Balaban J connectivity index is 2.06. The topological polar surface area (TPSA) is 88.7 Å². The summed E-state index contributed by atoms with van der Waals surface area (Å²) in [5.74, 6) is -0.0430. The van der Waals surface area contributed by atoms with E-state index < -0.39 is 0 Å². The first kappa shape index (κ1) is 10.1. The number of carbonyl (C=O) groups excluding carboxylic acids is 1. The second-order valence-electron chi connectivity index (χ2n) is 4.08. The minimum absolute atomic E-state index is 0.0430. The van der Waals surface area contributed by atoms with Gasteiger partial charge in [-0.25, -0.2) is 0 Å². The van der Waals surface area contributed by atoms with Gasteiger partial charge in [0.05, 0.1) is 28.8 Å². The number of nitrogens with two attached hydrogens (primary N) is 1. The van der Waals surface area contributed by atoms with Crippen LogP contribution in [0.15, 0.2) is 18.5 Å². The summed E-state index contributed by atoms with van der Waals surface area (Å²) in [6, 6.07) is 1.75. The van der Waals surface area contributed by atoms with Gasteiger partial charge < -0.3 is 15.6 Å². The number of hydrogen-bond acceptors (Lipinski definition) is 4. The van der Waals surface area contributed by atoms with Gasteiger partial charge in [0, 0.05) is 25.8 Å². The maximum Gasteiger partial charge on any atom is 0.212 e. The van der Waals surface area contributed by atoms with E-state index in [1.54, 1.807) is 12.3 Å². The number of hydrogen-bond donors (Lipinski definition) is 3. The van der Waals surface area contributed by atoms with Gasteiger partial charge in [-0.15, -0.1) is 0 Å². The number of aromatic nitrogens is 3. The molecule has 0 unspecified atom stereocenters. The summed E-state index contributed by atoms with van der Waals surface area (Å²) in [6.45, 7) is 2.34. The van der Waals surface area contributed by atoms with E-state index in [9.17, 15) is 4.79 Å². The molecule has 3 heterocycles. The SMILES string of the molecule is Nc1cc(C(=O)c2cn[nH]c2)n2c1CNCC2. The average molecular weight is 231 g/mol. The predicted octanol–water partition coefficient (Wildman–Crippen LogP) is 0.128. The summed E-state index contributed by atoms with van der Waals surface area (Å²) in [5, 5.41) is 9.67. The van der Waals surface area contributed by atoms with Crippen molar-refractivity contribution in [2.45, 2.75) is 13.1 Å². The Hall–Kier alpha value is -2.08. The van der Waals surface area contributed by atoms with Crippen LogP contribution in [0.5, 0.6) is 0 Å². The lowest BCUT2D eigenvalue weighted by Gasteiger charge is -2.18. The van der Waals surface area contributed by atoms with Crippen LogP contribution in [-0.4, -0.2) is 27.1 Å². The lowest BCUT2D eigenvalue weighted by molar-refractivity contribution is 0.102. The first-order chi connectivity index (χ1) is 8.27. The highest BCUT2D eigenvalue weighted by molar-refractivity contribution is 6.08. The molecule has 0 aliphatic carbocycles. The number of nitrogen functional groups attached to an aromatic ring is 1. The zero-order chi connectivity index (χ0) is 11.8. The van der Waals surface area contributed by atoms with Crippen molar-refractivity contribution in [2.75, 3.05) is 12.3 Å². The standard InChI is InChI=1S/C11H13N5O/c12-8-3-9(11(17)7-4-14-15-5-7)16-2-1-13-6-10(8)16/h3-5,13H,1-2,6,12H2,(H,14,15). The van der Waals surface area contributed by atoms with E-state index in [0.29, 0.717) is 23.5 Å². The zero-order valence-electron chi connectivity index (χ0n) is 9.23. The molecule has 0 spiro atoms. The fourth-order valence-electron chi connectivity index (χ4n) is 2.17. The summed E-state index contributed by atoms with van der Waals surface area (Å²) < 4.78 is 1.99. The molecule has 3 rings (SSSR count). The summed E-state index contributed by atoms with van der Waals surface area (Å²) in [5.41, 5.74) is 8.77. The predicted molar refractivity (Wildman–Crippen MR) is 62.6 cm³/mol. The second-order valence-corrected chi connectivity index (χ2v) is 4.08. The molecule has 2 aromatic rings. The summed E-state index contributed by atoms with van der Waals surface area (Å²) in [6.07, 6.45) is 3.12. The van der Waals surface area contributed by atoms with Gasteiger partial charge in [-0.1, -0.05) is 0 Å². The van der Waals surface area contributed by atoms with Crippen molar-refractivity contribution in [1.29, 1.82) is 0 Å². The van der Waals surface area contributed by atoms with E-state index in [1.807, 2.05) is 4.57 Å². The van der Waals surface area contributed by atoms with Crippen LogP contribution in [-0.2, 0) is 13.1 Å². The molecule has 1 aliphatic heterocycles. The maximum atomic E-state index is 12.2. The van der Waals surface area contributed by atoms with Crippen LogP contribution in [0.3, 0.4) is 0 Å². The smallest absolute Gasteiger partial charge is 0.212 e. The number of fused-ring (bicyclic) bond motifs is 1. The summed E-state index contributed by atoms with van der Waals surface area (Å²) >= 11 is 0. The molecular weight excluding hydrogens is 218 g/mol. The van der Waals surface area contributed by atoms with Crippen molar-refractivity contribution < 1.29 is 4.79 Å². The van der Waals surface area contributed by atoms with Gasteiger partial charge in [-0.2, -0.15) is 5.10 Å². The number of aromatic amines is 1. The summed E-state index contributed by atoms with van der Waals surface area (Å²) in [7, 11) is 0. The van der Waals surface area contributed by atoms with Gasteiger partial charge in [0.1, 0.15) is 0 Å². The van der Waals surface area contributed by atoms with E-state index in [0.717, 1.165) is 18.8 Å². The van der Waals surface area contributed by atoms with E-state index in [1.165, 1.54) is 6.20 Å². The van der Waals surface area contributed by atoms with Crippen molar-refractivity contribution >= 4 is 11.5 Å².